The van der Waals surface area contributed by atoms with Gasteiger partial charge >= 0.3 is 15.6 Å². The quantitative estimate of drug-likeness (QED) is 0.407. The summed E-state index contributed by atoms with van der Waals surface area (Å²) >= 11 is 0. The Morgan fingerprint density at radius 1 is 1.08 bits per heavy atom. The molecule has 1 heterocycles. The Balaban J connectivity index is 2.38. The first-order valence-corrected chi connectivity index (χ1v) is 8.06. The molecule has 0 saturated carbocycles. The van der Waals surface area contributed by atoms with E-state index < -0.39 is 21.5 Å². The van der Waals surface area contributed by atoms with Crippen molar-refractivity contribution in [1.29, 1.82) is 0 Å². The fourth-order valence-corrected chi connectivity index (χ4v) is 2.11. The van der Waals surface area contributed by atoms with Gasteiger partial charge in [-0.15, -0.1) is 0 Å². The topological polar surface area (TPSA) is 96.8 Å². The van der Waals surface area contributed by atoms with Crippen LogP contribution in [0, 0.1) is 0 Å². The Morgan fingerprint density at radius 2 is 1.76 bits per heavy atom. The van der Waals surface area contributed by atoms with Crippen molar-refractivity contribution in [3.63, 3.8) is 0 Å². The van der Waals surface area contributed by atoms with Crippen molar-refractivity contribution >= 4 is 21.2 Å². The van der Waals surface area contributed by atoms with E-state index in [9.17, 15) is 21.6 Å². The van der Waals surface area contributed by atoms with E-state index >= 15 is 0 Å². The van der Waals surface area contributed by atoms with Gasteiger partial charge in [-0.25, -0.2) is 9.97 Å². The van der Waals surface area contributed by atoms with Gasteiger partial charge < -0.3 is 18.4 Å². The molecule has 0 saturated heterocycles. The van der Waals surface area contributed by atoms with Gasteiger partial charge in [0.25, 0.3) is 5.88 Å². The minimum absolute atomic E-state index is 0.0584. The fourth-order valence-electron chi connectivity index (χ4n) is 1.71. The molecule has 0 amide bonds. The van der Waals surface area contributed by atoms with Gasteiger partial charge in [0.1, 0.15) is 6.61 Å². The molecule has 0 aliphatic carbocycles. The zero-order valence-electron chi connectivity index (χ0n) is 13.0. The summed E-state index contributed by atoms with van der Waals surface area (Å²) in [4.78, 5) is 7.52. The standard InChI is InChI=1S/C13H13F3N2O6S/c1-21-3-4-23-11-6-9-8(5-10(11)22-2)17-7-12(18-9)24-25(19,20)13(14,15)16/h5-7H,3-4H2,1-2H3. The molecular formula is C13H13F3N2O6S. The Bertz CT molecular complexity index is 857. The Hall–Kier alpha value is -2.34. The van der Waals surface area contributed by atoms with Crippen molar-refractivity contribution in [3.8, 4) is 17.4 Å². The van der Waals surface area contributed by atoms with Crippen LogP contribution in [0.5, 0.6) is 17.4 Å². The number of hydrogen-bond acceptors (Lipinski definition) is 8. The molecule has 25 heavy (non-hydrogen) atoms. The van der Waals surface area contributed by atoms with E-state index in [-0.39, 0.29) is 23.4 Å². The molecule has 2 aromatic rings. The highest BCUT2D eigenvalue weighted by atomic mass is 32.2. The number of fused-ring (bicyclic) bond motifs is 1. The van der Waals surface area contributed by atoms with Gasteiger partial charge in [-0.1, -0.05) is 0 Å². The van der Waals surface area contributed by atoms with Gasteiger partial charge in [0.05, 0.1) is 30.9 Å². The number of ether oxygens (including phenoxy) is 3. The first-order chi connectivity index (χ1) is 11.7. The van der Waals surface area contributed by atoms with Crippen LogP contribution in [0.4, 0.5) is 13.2 Å². The lowest BCUT2D eigenvalue weighted by molar-refractivity contribution is -0.0501. The highest BCUT2D eigenvalue weighted by Gasteiger charge is 2.48. The lowest BCUT2D eigenvalue weighted by Crippen LogP contribution is -2.28. The number of methoxy groups -OCH3 is 2. The van der Waals surface area contributed by atoms with Crippen LogP contribution in [0.3, 0.4) is 0 Å². The summed E-state index contributed by atoms with van der Waals surface area (Å²) < 4.78 is 78.5. The zero-order chi connectivity index (χ0) is 18.7. The SMILES string of the molecule is COCCOc1cc2nc(OS(=O)(=O)C(F)(F)F)cnc2cc1OC. The first kappa shape index (κ1) is 19.0. The van der Waals surface area contributed by atoms with Gasteiger partial charge in [-0.3, -0.25) is 0 Å². The van der Waals surface area contributed by atoms with Crippen LogP contribution in [0.2, 0.25) is 0 Å². The smallest absolute Gasteiger partial charge is 0.493 e. The second-order valence-corrected chi connectivity index (χ2v) is 6.06. The lowest BCUT2D eigenvalue weighted by Gasteiger charge is -2.12. The number of hydrogen-bond donors (Lipinski definition) is 0. The average Bonchev–Trinajstić information content (AvgIpc) is 2.53. The highest BCUT2D eigenvalue weighted by molar-refractivity contribution is 7.87. The first-order valence-electron chi connectivity index (χ1n) is 6.65. The zero-order valence-corrected chi connectivity index (χ0v) is 13.8. The number of benzene rings is 1. The summed E-state index contributed by atoms with van der Waals surface area (Å²) in [6, 6.07) is 2.77. The van der Waals surface area contributed by atoms with Crippen LogP contribution in [-0.4, -0.2) is 51.3 Å². The molecule has 8 nitrogen and oxygen atoms in total. The normalized spacial score (nSPS) is 12.2. The summed E-state index contributed by atoms with van der Waals surface area (Å²) in [5.74, 6) is -0.274. The molecular weight excluding hydrogens is 369 g/mol. The van der Waals surface area contributed by atoms with Crippen molar-refractivity contribution < 1.29 is 40.0 Å². The van der Waals surface area contributed by atoms with Crippen LogP contribution >= 0.6 is 0 Å². The third-order valence-electron chi connectivity index (χ3n) is 2.83. The third-order valence-corrected chi connectivity index (χ3v) is 3.79. The van der Waals surface area contributed by atoms with Crippen molar-refractivity contribution in [2.75, 3.05) is 27.4 Å². The molecule has 1 aromatic heterocycles. The second kappa shape index (κ2) is 7.27. The van der Waals surface area contributed by atoms with Crippen LogP contribution in [-0.2, 0) is 14.9 Å². The summed E-state index contributed by atoms with van der Waals surface area (Å²) in [6.07, 6.45) is 0.760. The molecule has 0 N–H and O–H groups in total. The van der Waals surface area contributed by atoms with Gasteiger partial charge in [0, 0.05) is 19.2 Å². The molecule has 138 valence electrons. The molecule has 1 aromatic carbocycles. The average molecular weight is 382 g/mol. The maximum Gasteiger partial charge on any atom is 0.534 e. The molecule has 12 heteroatoms. The molecule has 0 aliphatic heterocycles. The summed E-state index contributed by atoms with van der Waals surface area (Å²) in [5.41, 5.74) is -5.27. The van der Waals surface area contributed by atoms with Crippen molar-refractivity contribution in [2.24, 2.45) is 0 Å². The van der Waals surface area contributed by atoms with E-state index in [0.717, 1.165) is 6.20 Å². The van der Waals surface area contributed by atoms with E-state index in [1.165, 1.54) is 26.4 Å². The van der Waals surface area contributed by atoms with Crippen LogP contribution in [0.25, 0.3) is 11.0 Å². The molecule has 0 radical (unpaired) electrons. The summed E-state index contributed by atoms with van der Waals surface area (Å²) in [6.45, 7) is 0.476. The van der Waals surface area contributed by atoms with E-state index in [2.05, 4.69) is 14.2 Å². The molecule has 2 rings (SSSR count). The van der Waals surface area contributed by atoms with Crippen LogP contribution in [0.1, 0.15) is 0 Å². The van der Waals surface area contributed by atoms with E-state index in [4.69, 9.17) is 14.2 Å². The van der Waals surface area contributed by atoms with Crippen molar-refractivity contribution in [1.82, 2.24) is 9.97 Å². The van der Waals surface area contributed by atoms with Gasteiger partial charge in [-0.05, 0) is 0 Å². The van der Waals surface area contributed by atoms with E-state index in [1.807, 2.05) is 0 Å². The molecule has 0 atom stereocenters. The predicted molar refractivity (Wildman–Crippen MR) is 79.1 cm³/mol. The second-order valence-electron chi connectivity index (χ2n) is 4.52. The predicted octanol–water partition coefficient (Wildman–Crippen LogP) is 1.89. The van der Waals surface area contributed by atoms with Crippen LogP contribution in [0.15, 0.2) is 18.3 Å². The Kier molecular flexibility index (Phi) is 5.52. The Labute approximate surface area is 140 Å². The number of halogens is 3. The number of alkyl halides is 3. The van der Waals surface area contributed by atoms with Gasteiger partial charge in [0.15, 0.2) is 11.5 Å². The maximum atomic E-state index is 12.4. The molecule has 0 bridgehead atoms. The minimum atomic E-state index is -5.83. The van der Waals surface area contributed by atoms with Crippen molar-refractivity contribution in [3.05, 3.63) is 18.3 Å². The van der Waals surface area contributed by atoms with Crippen LogP contribution < -0.4 is 13.7 Å². The number of nitrogens with zero attached hydrogens (tertiary/aromatic N) is 2. The third kappa shape index (κ3) is 4.39. The number of aromatic nitrogens is 2. The van der Waals surface area contributed by atoms with Gasteiger partial charge in [-0.2, -0.15) is 21.6 Å². The monoisotopic (exact) mass is 382 g/mol. The maximum absolute atomic E-state index is 12.4. The largest absolute Gasteiger partial charge is 0.534 e. The Morgan fingerprint density at radius 3 is 2.36 bits per heavy atom. The van der Waals surface area contributed by atoms with E-state index in [1.54, 1.807) is 0 Å². The fraction of sp³-hybridized carbons (Fsp3) is 0.385. The van der Waals surface area contributed by atoms with Gasteiger partial charge in [0.2, 0.25) is 0 Å². The molecule has 0 unspecified atom stereocenters. The minimum Gasteiger partial charge on any atom is -0.493 e. The lowest BCUT2D eigenvalue weighted by atomic mass is 10.2. The molecule has 0 fully saturated rings. The summed E-state index contributed by atoms with van der Waals surface area (Å²) in [5, 5.41) is 0. The molecule has 0 aliphatic rings. The highest BCUT2D eigenvalue weighted by Crippen LogP contribution is 2.32. The molecule has 0 spiro atoms. The summed E-state index contributed by atoms with van der Waals surface area (Å²) in [7, 11) is -2.96. The van der Waals surface area contributed by atoms with E-state index in [0.29, 0.717) is 12.4 Å². The van der Waals surface area contributed by atoms with Crippen molar-refractivity contribution in [2.45, 2.75) is 5.51 Å². The number of rotatable bonds is 7.